The lowest BCUT2D eigenvalue weighted by Gasteiger charge is -2.14. The van der Waals surface area contributed by atoms with Crippen molar-refractivity contribution in [2.24, 2.45) is 11.6 Å². The molecular weight excluding hydrogens is 544 g/mol. The fourth-order valence-electron chi connectivity index (χ4n) is 3.20. The number of hydrogen-bond acceptors (Lipinski definition) is 13. The Labute approximate surface area is 247 Å². The van der Waals surface area contributed by atoms with Gasteiger partial charge in [0.05, 0.1) is 52.6 Å². The van der Waals surface area contributed by atoms with Crippen LogP contribution < -0.4 is 16.9 Å². The molecule has 1 aromatic carbocycles. The fraction of sp³-hybridized carbons (Fsp3) is 0.536. The van der Waals surface area contributed by atoms with Gasteiger partial charge in [0.2, 0.25) is 29.5 Å². The highest BCUT2D eigenvalue weighted by Gasteiger charge is 2.15. The monoisotopic (exact) mass is 590 g/mol. The first-order chi connectivity index (χ1) is 20.3. The predicted molar refractivity (Wildman–Crippen MR) is 160 cm³/mol. The first-order valence-corrected chi connectivity index (χ1v) is 14.0. The number of aromatic nitrogens is 4. The number of nitrogens with one attached hydrogen (secondary N) is 1. The van der Waals surface area contributed by atoms with Gasteiger partial charge in [-0.25, -0.2) is 5.84 Å². The normalized spacial score (nSPS) is 10.8. The number of amides is 1. The smallest absolute Gasteiger partial charge is 0.247 e. The summed E-state index contributed by atoms with van der Waals surface area (Å²) in [7, 11) is 0. The van der Waals surface area contributed by atoms with Gasteiger partial charge in [0.25, 0.3) is 0 Å². The van der Waals surface area contributed by atoms with Crippen molar-refractivity contribution in [3.63, 3.8) is 0 Å². The molecular formula is C28H46N8O6. The molecule has 0 aliphatic rings. The van der Waals surface area contributed by atoms with Gasteiger partial charge >= 0.3 is 0 Å². The van der Waals surface area contributed by atoms with Crippen molar-refractivity contribution in [2.45, 2.75) is 54.9 Å². The van der Waals surface area contributed by atoms with Gasteiger partial charge in [0, 0.05) is 42.6 Å². The number of hydrazine groups is 1. The summed E-state index contributed by atoms with van der Waals surface area (Å²) < 4.78 is 27.5. The summed E-state index contributed by atoms with van der Waals surface area (Å²) in [5, 5.41) is 20.2. The third-order valence-corrected chi connectivity index (χ3v) is 4.84. The summed E-state index contributed by atoms with van der Waals surface area (Å²) in [6.07, 6.45) is 1.80. The lowest BCUT2D eigenvalue weighted by Crippen LogP contribution is -2.30. The molecule has 0 bridgehead atoms. The molecule has 0 fully saturated rings. The van der Waals surface area contributed by atoms with Crippen molar-refractivity contribution in [3.8, 4) is 22.9 Å². The Morgan fingerprint density at radius 2 is 1.31 bits per heavy atom. The van der Waals surface area contributed by atoms with Crippen LogP contribution in [-0.4, -0.2) is 77.5 Å². The van der Waals surface area contributed by atoms with Gasteiger partial charge in [-0.3, -0.25) is 4.79 Å². The number of aryl methyl sites for hydroxylation is 2. The zero-order valence-corrected chi connectivity index (χ0v) is 25.8. The number of carbonyl (C=O) groups is 1. The topological polar surface area (TPSA) is 190 Å². The third-order valence-electron chi connectivity index (χ3n) is 4.84. The molecule has 42 heavy (non-hydrogen) atoms. The highest BCUT2D eigenvalue weighted by molar-refractivity contribution is 5.92. The number of nitrogens with two attached hydrogens (primary N) is 2. The van der Waals surface area contributed by atoms with E-state index < -0.39 is 0 Å². The maximum absolute atomic E-state index is 12.5. The van der Waals surface area contributed by atoms with Gasteiger partial charge in [-0.05, 0) is 25.1 Å². The molecule has 0 saturated carbocycles. The van der Waals surface area contributed by atoms with E-state index in [-0.39, 0.29) is 18.9 Å². The summed E-state index contributed by atoms with van der Waals surface area (Å²) >= 11 is 0. The highest BCUT2D eigenvalue weighted by Crippen LogP contribution is 2.29. The number of benzene rings is 1. The molecule has 2 heterocycles. The van der Waals surface area contributed by atoms with Crippen LogP contribution in [0.4, 0.5) is 5.69 Å². The van der Waals surface area contributed by atoms with Crippen molar-refractivity contribution in [2.75, 3.05) is 51.5 Å². The molecule has 3 aromatic rings. The number of anilines is 1. The van der Waals surface area contributed by atoms with Crippen LogP contribution >= 0.6 is 0 Å². The summed E-state index contributed by atoms with van der Waals surface area (Å²) in [6, 6.07) is 5.24. The summed E-state index contributed by atoms with van der Waals surface area (Å²) in [6.45, 7) is 16.0. The van der Waals surface area contributed by atoms with E-state index in [1.165, 1.54) is 5.01 Å². The Morgan fingerprint density at radius 1 is 0.833 bits per heavy atom. The van der Waals surface area contributed by atoms with E-state index in [1.54, 1.807) is 45.2 Å². The predicted octanol–water partition coefficient (Wildman–Crippen LogP) is 3.83. The molecule has 0 saturated heterocycles. The number of carbonyl (C=O) groups excluding carboxylic acids is 1. The number of nitrogens with zero attached hydrogens (tertiary/aromatic N) is 5. The van der Waals surface area contributed by atoms with Crippen LogP contribution in [-0.2, 0) is 19.0 Å². The molecule has 5 N–H and O–H groups in total. The van der Waals surface area contributed by atoms with Gasteiger partial charge in [0.1, 0.15) is 0 Å². The molecule has 3 rings (SSSR count). The van der Waals surface area contributed by atoms with E-state index in [4.69, 9.17) is 34.6 Å². The van der Waals surface area contributed by atoms with E-state index in [1.807, 2.05) is 27.7 Å². The molecule has 0 radical (unpaired) electrons. The van der Waals surface area contributed by atoms with Gasteiger partial charge in [-0.2, -0.15) is 0 Å². The molecule has 0 atom stereocenters. The molecule has 1 amide bonds. The minimum absolute atomic E-state index is 0.161. The van der Waals surface area contributed by atoms with Gasteiger partial charge in [-0.15, -0.1) is 20.4 Å². The standard InChI is InChI=1S/C24H34N8O6.2C2H6/c1-16(25)15-32(26)5-7-35-9-11-36-10-8-34-6-4-22(33)27-21-13-19(23-30-28-17(2)37-23)12-20(14-21)24-31-29-18(3)38-24;2*1-2/h12-15H,4-11,25-26H2,1-3H3,(H,27,33);2*1-2H3/b16-15-;;. The minimum atomic E-state index is -0.223. The second-order valence-corrected chi connectivity index (χ2v) is 8.30. The zero-order chi connectivity index (χ0) is 31.3. The van der Waals surface area contributed by atoms with E-state index in [2.05, 4.69) is 25.7 Å². The summed E-state index contributed by atoms with van der Waals surface area (Å²) in [4.78, 5) is 12.5. The molecule has 0 aliphatic carbocycles. The largest absolute Gasteiger partial charge is 0.421 e. The Bertz CT molecular complexity index is 1130. The lowest BCUT2D eigenvalue weighted by atomic mass is 10.1. The van der Waals surface area contributed by atoms with E-state index >= 15 is 0 Å². The zero-order valence-electron chi connectivity index (χ0n) is 25.8. The lowest BCUT2D eigenvalue weighted by molar-refractivity contribution is -0.117. The third kappa shape index (κ3) is 14.2. The SMILES string of the molecule is C/C(N)=C/N(N)CCOCCOCCOCCC(=O)Nc1cc(-c2nnc(C)o2)cc(-c2nnc(C)o2)c1.CC.CC. The minimum Gasteiger partial charge on any atom is -0.421 e. The summed E-state index contributed by atoms with van der Waals surface area (Å²) in [5.41, 5.74) is 7.90. The van der Waals surface area contributed by atoms with Crippen LogP contribution in [0.1, 0.15) is 52.8 Å². The van der Waals surface area contributed by atoms with Crippen molar-refractivity contribution in [1.82, 2.24) is 25.4 Å². The van der Waals surface area contributed by atoms with E-state index in [0.717, 1.165) is 0 Å². The Morgan fingerprint density at radius 3 is 1.76 bits per heavy atom. The Balaban J connectivity index is 0.00000211. The Hall–Kier alpha value is -3.85. The number of allylic oxidation sites excluding steroid dienone is 1. The molecule has 0 unspecified atom stereocenters. The number of hydrogen-bond donors (Lipinski definition) is 3. The molecule has 14 nitrogen and oxygen atoms in total. The van der Waals surface area contributed by atoms with Crippen LogP contribution in [0, 0.1) is 13.8 Å². The molecule has 0 aliphatic heterocycles. The fourth-order valence-corrected chi connectivity index (χ4v) is 3.20. The van der Waals surface area contributed by atoms with Gasteiger partial charge < -0.3 is 39.1 Å². The molecule has 234 valence electrons. The molecule has 14 heteroatoms. The van der Waals surface area contributed by atoms with Crippen LogP contribution in [0.2, 0.25) is 0 Å². The van der Waals surface area contributed by atoms with Crippen LogP contribution in [0.5, 0.6) is 0 Å². The molecule has 2 aromatic heterocycles. The number of rotatable bonds is 16. The van der Waals surface area contributed by atoms with Crippen molar-refractivity contribution in [1.29, 1.82) is 0 Å². The van der Waals surface area contributed by atoms with E-state index in [9.17, 15) is 4.79 Å². The van der Waals surface area contributed by atoms with Crippen LogP contribution in [0.3, 0.4) is 0 Å². The van der Waals surface area contributed by atoms with E-state index in [0.29, 0.717) is 85.7 Å². The second-order valence-electron chi connectivity index (χ2n) is 8.30. The second kappa shape index (κ2) is 20.9. The van der Waals surface area contributed by atoms with Crippen LogP contribution in [0.25, 0.3) is 22.9 Å². The first-order valence-electron chi connectivity index (χ1n) is 14.0. The van der Waals surface area contributed by atoms with Crippen molar-refractivity contribution < 1.29 is 27.8 Å². The van der Waals surface area contributed by atoms with Crippen molar-refractivity contribution >= 4 is 11.6 Å². The van der Waals surface area contributed by atoms with Gasteiger partial charge in [0.15, 0.2) is 0 Å². The van der Waals surface area contributed by atoms with Crippen molar-refractivity contribution in [3.05, 3.63) is 41.9 Å². The average molecular weight is 591 g/mol. The quantitative estimate of drug-likeness (QED) is 0.124. The average Bonchev–Trinajstić information content (AvgIpc) is 3.61. The van der Waals surface area contributed by atoms with Gasteiger partial charge in [-0.1, -0.05) is 27.7 Å². The summed E-state index contributed by atoms with van der Waals surface area (Å²) in [5.74, 6) is 6.96. The highest BCUT2D eigenvalue weighted by atomic mass is 16.5. The number of ether oxygens (including phenoxy) is 3. The maximum Gasteiger partial charge on any atom is 0.247 e. The van der Waals surface area contributed by atoms with Crippen LogP contribution in [0.15, 0.2) is 38.9 Å². The molecule has 0 spiro atoms. The maximum atomic E-state index is 12.5. The first kappa shape index (κ1) is 36.2. The Kier molecular flexibility index (Phi) is 18.0.